The van der Waals surface area contributed by atoms with E-state index in [1.807, 2.05) is 24.2 Å². The fraction of sp³-hybridized carbons (Fsp3) is 0.600. The summed E-state index contributed by atoms with van der Waals surface area (Å²) >= 11 is 0. The molecule has 0 saturated carbocycles. The van der Waals surface area contributed by atoms with E-state index in [1.165, 1.54) is 19.3 Å². The van der Waals surface area contributed by atoms with E-state index < -0.39 is 0 Å². The molecule has 2 aromatic rings. The molecule has 2 aliphatic rings. The molecule has 1 atom stereocenters. The maximum atomic E-state index is 12.9. The van der Waals surface area contributed by atoms with Gasteiger partial charge in [-0.1, -0.05) is 12.5 Å². The lowest BCUT2D eigenvalue weighted by atomic mass is 10.1. The zero-order valence-electron chi connectivity index (χ0n) is 15.5. The molecule has 1 unspecified atom stereocenters. The van der Waals surface area contributed by atoms with Gasteiger partial charge in [0.15, 0.2) is 5.82 Å². The predicted octanol–water partition coefficient (Wildman–Crippen LogP) is 3.00. The Morgan fingerprint density at radius 2 is 2.08 bits per heavy atom. The zero-order valence-corrected chi connectivity index (χ0v) is 15.5. The topological polar surface area (TPSA) is 63.9 Å². The van der Waals surface area contributed by atoms with Gasteiger partial charge in [-0.05, 0) is 50.2 Å². The van der Waals surface area contributed by atoms with E-state index in [4.69, 9.17) is 0 Å². The quantitative estimate of drug-likeness (QED) is 0.848. The van der Waals surface area contributed by atoms with Gasteiger partial charge in [0.05, 0.1) is 6.04 Å². The summed E-state index contributed by atoms with van der Waals surface area (Å²) < 4.78 is 2.29. The fourth-order valence-electron chi connectivity index (χ4n) is 4.24. The number of fused-ring (bicyclic) bond motifs is 1. The summed E-state index contributed by atoms with van der Waals surface area (Å²) in [6, 6.07) is 2.21. The number of likely N-dealkylation sites (tertiary alicyclic amines) is 1. The Balaban J connectivity index is 1.46. The van der Waals surface area contributed by atoms with Crippen molar-refractivity contribution in [1.29, 1.82) is 0 Å². The van der Waals surface area contributed by atoms with Crippen molar-refractivity contribution in [3.8, 4) is 0 Å². The third kappa shape index (κ3) is 3.50. The van der Waals surface area contributed by atoms with Gasteiger partial charge >= 0.3 is 0 Å². The molecule has 6 heteroatoms. The third-order valence-corrected chi connectivity index (χ3v) is 5.57. The van der Waals surface area contributed by atoms with Crippen LogP contribution in [0.4, 0.5) is 0 Å². The highest BCUT2D eigenvalue weighted by atomic mass is 16.2. The van der Waals surface area contributed by atoms with Crippen LogP contribution in [0.25, 0.3) is 0 Å². The molecular weight excluding hydrogens is 326 g/mol. The third-order valence-electron chi connectivity index (χ3n) is 5.57. The maximum Gasteiger partial charge on any atom is 0.223 e. The number of hydrogen-bond donors (Lipinski definition) is 0. The van der Waals surface area contributed by atoms with E-state index in [0.29, 0.717) is 6.42 Å². The van der Waals surface area contributed by atoms with Gasteiger partial charge in [-0.25, -0.2) is 0 Å². The minimum Gasteiger partial charge on any atom is -0.332 e. The summed E-state index contributed by atoms with van der Waals surface area (Å²) in [5.41, 5.74) is 2.27. The van der Waals surface area contributed by atoms with Crippen LogP contribution in [-0.4, -0.2) is 37.1 Å². The normalized spacial score (nSPS) is 20.0. The molecule has 2 aromatic heterocycles. The Morgan fingerprint density at radius 3 is 2.96 bits per heavy atom. The average molecular weight is 353 g/mol. The number of carbonyl (C=O) groups is 1. The Labute approximate surface area is 154 Å². The van der Waals surface area contributed by atoms with E-state index in [0.717, 1.165) is 61.5 Å². The highest BCUT2D eigenvalue weighted by Gasteiger charge is 2.34. The van der Waals surface area contributed by atoms with Crippen molar-refractivity contribution in [3.05, 3.63) is 41.2 Å². The van der Waals surface area contributed by atoms with Crippen LogP contribution in [0, 0.1) is 6.92 Å². The smallest absolute Gasteiger partial charge is 0.223 e. The van der Waals surface area contributed by atoms with Crippen LogP contribution in [0.5, 0.6) is 0 Å². The molecule has 1 amide bonds. The summed E-state index contributed by atoms with van der Waals surface area (Å²) in [7, 11) is 0. The Bertz CT molecular complexity index is 784. The van der Waals surface area contributed by atoms with Gasteiger partial charge in [-0.2, -0.15) is 0 Å². The van der Waals surface area contributed by atoms with E-state index in [1.54, 1.807) is 0 Å². The van der Waals surface area contributed by atoms with Gasteiger partial charge < -0.3 is 9.47 Å². The van der Waals surface area contributed by atoms with Crippen LogP contribution in [-0.2, 0) is 24.2 Å². The fourth-order valence-corrected chi connectivity index (χ4v) is 4.24. The molecule has 0 radical (unpaired) electrons. The molecule has 0 N–H and O–H groups in total. The van der Waals surface area contributed by atoms with Gasteiger partial charge in [0, 0.05) is 38.3 Å². The molecule has 4 rings (SSSR count). The standard InChI is InChI=1S/C20H27N5O/c1-15-12-16(14-21-13-15)8-9-19(26)24-11-5-6-17(24)20-23-22-18-7-3-2-4-10-25(18)20/h12-14,17H,2-11H2,1H3. The van der Waals surface area contributed by atoms with Crippen molar-refractivity contribution in [2.75, 3.05) is 6.54 Å². The highest BCUT2D eigenvalue weighted by molar-refractivity contribution is 5.77. The first-order valence-corrected chi connectivity index (χ1v) is 9.84. The summed E-state index contributed by atoms with van der Waals surface area (Å²) in [6.07, 6.45) is 11.7. The molecule has 0 aliphatic carbocycles. The molecule has 138 valence electrons. The van der Waals surface area contributed by atoms with E-state index in [9.17, 15) is 4.79 Å². The van der Waals surface area contributed by atoms with Gasteiger partial charge in [-0.15, -0.1) is 10.2 Å². The van der Waals surface area contributed by atoms with Gasteiger partial charge in [-0.3, -0.25) is 9.78 Å². The summed E-state index contributed by atoms with van der Waals surface area (Å²) in [6.45, 7) is 3.86. The highest BCUT2D eigenvalue weighted by Crippen LogP contribution is 2.33. The maximum absolute atomic E-state index is 12.9. The van der Waals surface area contributed by atoms with E-state index >= 15 is 0 Å². The van der Waals surface area contributed by atoms with Crippen LogP contribution < -0.4 is 0 Å². The van der Waals surface area contributed by atoms with Crippen molar-refractivity contribution in [2.45, 2.75) is 70.9 Å². The number of nitrogens with zero attached hydrogens (tertiary/aromatic N) is 5. The van der Waals surface area contributed by atoms with Gasteiger partial charge in [0.25, 0.3) is 0 Å². The number of aryl methyl sites for hydroxylation is 3. The largest absolute Gasteiger partial charge is 0.332 e. The lowest BCUT2D eigenvalue weighted by molar-refractivity contribution is -0.132. The zero-order chi connectivity index (χ0) is 17.9. The first kappa shape index (κ1) is 17.2. The van der Waals surface area contributed by atoms with E-state index in [2.05, 4.69) is 25.8 Å². The van der Waals surface area contributed by atoms with Crippen LogP contribution >= 0.6 is 0 Å². The number of pyridine rings is 1. The second-order valence-electron chi connectivity index (χ2n) is 7.55. The summed E-state index contributed by atoms with van der Waals surface area (Å²) in [5, 5.41) is 8.92. The number of aromatic nitrogens is 4. The molecule has 1 saturated heterocycles. The average Bonchev–Trinajstić information content (AvgIpc) is 3.21. The molecule has 6 nitrogen and oxygen atoms in total. The molecule has 0 spiro atoms. The second kappa shape index (κ2) is 7.56. The van der Waals surface area contributed by atoms with Gasteiger partial charge in [0.1, 0.15) is 5.82 Å². The van der Waals surface area contributed by atoms with Crippen molar-refractivity contribution in [3.63, 3.8) is 0 Å². The Hall–Kier alpha value is -2.24. The molecule has 4 heterocycles. The van der Waals surface area contributed by atoms with Crippen LogP contribution in [0.15, 0.2) is 18.5 Å². The van der Waals surface area contributed by atoms with Crippen molar-refractivity contribution in [2.24, 2.45) is 0 Å². The van der Waals surface area contributed by atoms with Crippen LogP contribution in [0.1, 0.15) is 67.3 Å². The molecule has 1 fully saturated rings. The predicted molar refractivity (Wildman–Crippen MR) is 98.6 cm³/mol. The first-order valence-electron chi connectivity index (χ1n) is 9.84. The van der Waals surface area contributed by atoms with Crippen molar-refractivity contribution < 1.29 is 4.79 Å². The number of carbonyl (C=O) groups excluding carboxylic acids is 1. The lowest BCUT2D eigenvalue weighted by Crippen LogP contribution is -2.32. The SMILES string of the molecule is Cc1cncc(CCC(=O)N2CCCC2c2nnc3n2CCCCC3)c1. The molecule has 0 aromatic carbocycles. The van der Waals surface area contributed by atoms with Crippen molar-refractivity contribution in [1.82, 2.24) is 24.6 Å². The summed E-state index contributed by atoms with van der Waals surface area (Å²) in [5.74, 6) is 2.33. The van der Waals surface area contributed by atoms with Crippen LogP contribution in [0.2, 0.25) is 0 Å². The second-order valence-corrected chi connectivity index (χ2v) is 7.55. The Kier molecular flexibility index (Phi) is 5.00. The van der Waals surface area contributed by atoms with Gasteiger partial charge in [0.2, 0.25) is 5.91 Å². The molecule has 0 bridgehead atoms. The minimum absolute atomic E-state index is 0.0949. The number of amides is 1. The monoisotopic (exact) mass is 353 g/mol. The van der Waals surface area contributed by atoms with Crippen LogP contribution in [0.3, 0.4) is 0 Å². The van der Waals surface area contributed by atoms with E-state index in [-0.39, 0.29) is 11.9 Å². The summed E-state index contributed by atoms with van der Waals surface area (Å²) in [4.78, 5) is 19.2. The number of hydrogen-bond acceptors (Lipinski definition) is 4. The molecule has 26 heavy (non-hydrogen) atoms. The van der Waals surface area contributed by atoms with Crippen molar-refractivity contribution >= 4 is 5.91 Å². The molecular formula is C20H27N5O. The lowest BCUT2D eigenvalue weighted by Gasteiger charge is -2.25. The Morgan fingerprint density at radius 1 is 1.15 bits per heavy atom. The first-order chi connectivity index (χ1) is 12.7. The molecule has 2 aliphatic heterocycles. The number of rotatable bonds is 4. The minimum atomic E-state index is 0.0949.